The lowest BCUT2D eigenvalue weighted by Gasteiger charge is -2.09. The van der Waals surface area contributed by atoms with Gasteiger partial charge in [-0.2, -0.15) is 5.26 Å². The Morgan fingerprint density at radius 2 is 2.33 bits per heavy atom. The number of nitrogens with zero attached hydrogens (tertiary/aromatic N) is 2. The van der Waals surface area contributed by atoms with Crippen molar-refractivity contribution < 1.29 is 13.5 Å². The van der Waals surface area contributed by atoms with Crippen molar-refractivity contribution in [2.24, 2.45) is 0 Å². The number of rotatable bonds is 3. The number of nitriles is 1. The number of alkyl halides is 2. The lowest BCUT2D eigenvalue weighted by molar-refractivity contribution is 0.141. The Kier molecular flexibility index (Phi) is 3.81. The van der Waals surface area contributed by atoms with Crippen LogP contribution in [0.1, 0.15) is 17.7 Å². The maximum absolute atomic E-state index is 12.4. The largest absolute Gasteiger partial charge is 0.495 e. The fourth-order valence-corrected chi connectivity index (χ4v) is 1.27. The maximum atomic E-state index is 12.4. The Hall–Kier alpha value is -1.41. The minimum atomic E-state index is -2.76. The number of ether oxygens (including phenoxy) is 1. The second-order valence-electron chi connectivity index (χ2n) is 2.66. The van der Waals surface area contributed by atoms with Crippen molar-refractivity contribution in [3.63, 3.8) is 0 Å². The Morgan fingerprint density at radius 3 is 2.80 bits per heavy atom. The van der Waals surface area contributed by atoms with Crippen LogP contribution in [0.4, 0.5) is 8.78 Å². The number of pyridine rings is 1. The third-order valence-corrected chi connectivity index (χ3v) is 2.06. The van der Waals surface area contributed by atoms with Crippen LogP contribution in [0.5, 0.6) is 5.75 Å². The van der Waals surface area contributed by atoms with Crippen molar-refractivity contribution in [2.45, 2.75) is 12.8 Å². The molecule has 0 fully saturated rings. The SMILES string of the molecule is COc1cc(CC#N)c(Cl)nc1C(F)F. The summed E-state index contributed by atoms with van der Waals surface area (Å²) in [6.45, 7) is 0. The molecule has 0 aliphatic rings. The van der Waals surface area contributed by atoms with Crippen LogP contribution in [-0.4, -0.2) is 12.1 Å². The predicted octanol–water partition coefficient (Wildman–Crippen LogP) is 2.75. The molecule has 1 aromatic rings. The molecule has 0 atom stereocenters. The average molecular weight is 233 g/mol. The highest BCUT2D eigenvalue weighted by atomic mass is 35.5. The standard InChI is InChI=1S/C9H7ClF2N2O/c1-15-6-4-5(2-3-13)8(10)14-7(6)9(11)12/h4,9H,2H2,1H3. The van der Waals surface area contributed by atoms with Crippen LogP contribution >= 0.6 is 11.6 Å². The molecule has 0 saturated heterocycles. The van der Waals surface area contributed by atoms with Crippen LogP contribution in [-0.2, 0) is 6.42 Å². The Morgan fingerprint density at radius 1 is 1.67 bits per heavy atom. The van der Waals surface area contributed by atoms with Gasteiger partial charge in [0, 0.05) is 5.56 Å². The average Bonchev–Trinajstić information content (AvgIpc) is 2.20. The maximum Gasteiger partial charge on any atom is 0.284 e. The summed E-state index contributed by atoms with van der Waals surface area (Å²) in [5.41, 5.74) is -0.135. The molecule has 1 heterocycles. The molecule has 0 bridgehead atoms. The molecule has 0 unspecified atom stereocenters. The normalized spacial score (nSPS) is 10.1. The lowest BCUT2D eigenvalue weighted by atomic mass is 10.2. The minimum absolute atomic E-state index is 0.00567. The quantitative estimate of drug-likeness (QED) is 0.753. The van der Waals surface area contributed by atoms with E-state index < -0.39 is 12.1 Å². The van der Waals surface area contributed by atoms with Crippen molar-refractivity contribution >= 4 is 11.6 Å². The second-order valence-corrected chi connectivity index (χ2v) is 3.02. The van der Waals surface area contributed by atoms with Gasteiger partial charge in [0.25, 0.3) is 6.43 Å². The van der Waals surface area contributed by atoms with E-state index in [2.05, 4.69) is 4.98 Å². The topological polar surface area (TPSA) is 45.9 Å². The zero-order valence-electron chi connectivity index (χ0n) is 7.80. The Balaban J connectivity index is 3.24. The molecule has 80 valence electrons. The highest BCUT2D eigenvalue weighted by Crippen LogP contribution is 2.30. The van der Waals surface area contributed by atoms with Crippen molar-refractivity contribution in [1.82, 2.24) is 4.98 Å². The summed E-state index contributed by atoms with van der Waals surface area (Å²) in [5.74, 6) is -0.0559. The molecule has 0 aliphatic carbocycles. The molecule has 0 saturated carbocycles. The van der Waals surface area contributed by atoms with Gasteiger partial charge in [0.1, 0.15) is 16.6 Å². The number of hydrogen-bond donors (Lipinski definition) is 0. The van der Waals surface area contributed by atoms with E-state index in [1.165, 1.54) is 13.2 Å². The van der Waals surface area contributed by atoms with Gasteiger partial charge in [0.15, 0.2) is 0 Å². The van der Waals surface area contributed by atoms with Crippen molar-refractivity contribution in [3.05, 3.63) is 22.5 Å². The number of halogens is 3. The zero-order valence-corrected chi connectivity index (χ0v) is 8.55. The Bertz CT molecular complexity index is 404. The molecule has 0 radical (unpaired) electrons. The van der Waals surface area contributed by atoms with E-state index in [4.69, 9.17) is 21.6 Å². The van der Waals surface area contributed by atoms with Gasteiger partial charge in [-0.25, -0.2) is 13.8 Å². The van der Waals surface area contributed by atoms with Crippen LogP contribution in [0, 0.1) is 11.3 Å². The van der Waals surface area contributed by atoms with E-state index in [0.29, 0.717) is 5.56 Å². The third-order valence-electron chi connectivity index (χ3n) is 1.74. The summed E-state index contributed by atoms with van der Waals surface area (Å²) in [7, 11) is 1.26. The van der Waals surface area contributed by atoms with E-state index in [1.54, 1.807) is 0 Å². The first-order chi connectivity index (χ1) is 7.10. The molecule has 15 heavy (non-hydrogen) atoms. The van der Waals surface area contributed by atoms with E-state index in [9.17, 15) is 8.78 Å². The highest BCUT2D eigenvalue weighted by molar-refractivity contribution is 6.30. The van der Waals surface area contributed by atoms with Gasteiger partial charge < -0.3 is 4.74 Å². The van der Waals surface area contributed by atoms with Gasteiger partial charge in [0.05, 0.1) is 19.6 Å². The van der Waals surface area contributed by atoms with Gasteiger partial charge >= 0.3 is 0 Å². The first-order valence-corrected chi connectivity index (χ1v) is 4.36. The summed E-state index contributed by atoms with van der Waals surface area (Å²) < 4.78 is 29.6. The number of methoxy groups -OCH3 is 1. The van der Waals surface area contributed by atoms with Gasteiger partial charge in [0.2, 0.25) is 0 Å². The van der Waals surface area contributed by atoms with E-state index in [-0.39, 0.29) is 17.3 Å². The van der Waals surface area contributed by atoms with E-state index in [0.717, 1.165) is 0 Å². The first-order valence-electron chi connectivity index (χ1n) is 3.98. The summed E-state index contributed by atoms with van der Waals surface area (Å²) in [6.07, 6.45) is -2.75. The molecule has 1 rings (SSSR count). The van der Waals surface area contributed by atoms with Crippen molar-refractivity contribution in [3.8, 4) is 11.8 Å². The molecule has 0 spiro atoms. The summed E-state index contributed by atoms with van der Waals surface area (Å²) in [6, 6.07) is 3.16. The number of hydrogen-bond acceptors (Lipinski definition) is 3. The van der Waals surface area contributed by atoms with Gasteiger partial charge in [-0.15, -0.1) is 0 Å². The molecule has 1 aromatic heterocycles. The molecule has 6 heteroatoms. The Labute approximate surface area is 90.3 Å². The summed E-state index contributed by atoms with van der Waals surface area (Å²) >= 11 is 5.63. The third kappa shape index (κ3) is 2.54. The van der Waals surface area contributed by atoms with E-state index >= 15 is 0 Å². The summed E-state index contributed by atoms with van der Waals surface area (Å²) in [5, 5.41) is 8.37. The van der Waals surface area contributed by atoms with Gasteiger partial charge in [-0.1, -0.05) is 11.6 Å². The van der Waals surface area contributed by atoms with Crippen LogP contribution in [0.25, 0.3) is 0 Å². The molecule has 0 N–H and O–H groups in total. The van der Waals surface area contributed by atoms with E-state index in [1.807, 2.05) is 6.07 Å². The minimum Gasteiger partial charge on any atom is -0.495 e. The second kappa shape index (κ2) is 4.89. The molecular weight excluding hydrogens is 226 g/mol. The van der Waals surface area contributed by atoms with Crippen LogP contribution < -0.4 is 4.74 Å². The molecular formula is C9H7ClF2N2O. The predicted molar refractivity (Wildman–Crippen MR) is 50.1 cm³/mol. The first kappa shape index (κ1) is 11.7. The monoisotopic (exact) mass is 232 g/mol. The number of aromatic nitrogens is 1. The fraction of sp³-hybridized carbons (Fsp3) is 0.333. The smallest absolute Gasteiger partial charge is 0.284 e. The van der Waals surface area contributed by atoms with Crippen LogP contribution in [0.15, 0.2) is 6.07 Å². The zero-order chi connectivity index (χ0) is 11.4. The lowest BCUT2D eigenvalue weighted by Crippen LogP contribution is -1.99. The molecule has 3 nitrogen and oxygen atoms in total. The van der Waals surface area contributed by atoms with Crippen LogP contribution in [0.2, 0.25) is 5.15 Å². The van der Waals surface area contributed by atoms with Crippen molar-refractivity contribution in [1.29, 1.82) is 5.26 Å². The van der Waals surface area contributed by atoms with Gasteiger partial charge in [-0.3, -0.25) is 0 Å². The highest BCUT2D eigenvalue weighted by Gasteiger charge is 2.18. The molecule has 0 aliphatic heterocycles. The van der Waals surface area contributed by atoms with Crippen molar-refractivity contribution in [2.75, 3.05) is 7.11 Å². The molecule has 0 aromatic carbocycles. The van der Waals surface area contributed by atoms with Gasteiger partial charge in [-0.05, 0) is 6.07 Å². The van der Waals surface area contributed by atoms with Crippen LogP contribution in [0.3, 0.4) is 0 Å². The molecule has 0 amide bonds. The fourth-order valence-electron chi connectivity index (χ4n) is 1.05. The summed E-state index contributed by atoms with van der Waals surface area (Å²) in [4.78, 5) is 3.50.